The second kappa shape index (κ2) is 7.97. The van der Waals surface area contributed by atoms with Gasteiger partial charge in [-0.3, -0.25) is 0 Å². The molecule has 4 nitrogen and oxygen atoms in total. The van der Waals surface area contributed by atoms with E-state index in [1.54, 1.807) is 0 Å². The van der Waals surface area contributed by atoms with Gasteiger partial charge in [0.2, 0.25) is 0 Å². The lowest BCUT2D eigenvalue weighted by atomic mass is 10.1. The Hall–Kier alpha value is -1.07. The predicted molar refractivity (Wildman–Crippen MR) is 97.4 cm³/mol. The maximum atomic E-state index is 11.9. The van der Waals surface area contributed by atoms with Gasteiger partial charge in [-0.2, -0.15) is 11.8 Å². The minimum atomic E-state index is -0.195. The number of nitrogens with zero attached hydrogens (tertiary/aromatic N) is 1. The van der Waals surface area contributed by atoms with Crippen LogP contribution >= 0.6 is 23.4 Å². The number of benzene rings is 1. The third-order valence-corrected chi connectivity index (χ3v) is 5.16. The van der Waals surface area contributed by atoms with E-state index in [2.05, 4.69) is 29.4 Å². The highest BCUT2D eigenvalue weighted by atomic mass is 35.5. The van der Waals surface area contributed by atoms with E-state index in [0.29, 0.717) is 16.6 Å². The van der Waals surface area contributed by atoms with E-state index in [1.807, 2.05) is 36.9 Å². The number of hydrogen-bond acceptors (Lipinski definition) is 3. The van der Waals surface area contributed by atoms with Crippen molar-refractivity contribution < 1.29 is 4.79 Å². The lowest BCUT2D eigenvalue weighted by Crippen LogP contribution is -2.39. The molecule has 122 valence electrons. The van der Waals surface area contributed by atoms with E-state index in [0.717, 1.165) is 30.3 Å². The van der Waals surface area contributed by atoms with Crippen LogP contribution in [0, 0.1) is 5.92 Å². The standard InChI is InChI=1S/C16H24ClN3OS/c1-11(2)12(3)18-16(21)19-13-4-5-15(14(17)10-13)20-6-8-22-9-7-20/h4-5,10-12H,6-9H2,1-3H3,(H2,18,19,21). The van der Waals surface area contributed by atoms with Crippen molar-refractivity contribution in [3.63, 3.8) is 0 Å². The van der Waals surface area contributed by atoms with E-state index in [9.17, 15) is 4.79 Å². The number of hydrogen-bond donors (Lipinski definition) is 2. The third kappa shape index (κ3) is 4.71. The quantitative estimate of drug-likeness (QED) is 0.868. The van der Waals surface area contributed by atoms with Crippen LogP contribution in [0.4, 0.5) is 16.2 Å². The average molecular weight is 342 g/mol. The molecular formula is C16H24ClN3OS. The fourth-order valence-corrected chi connectivity index (χ4v) is 3.39. The van der Waals surface area contributed by atoms with Crippen molar-refractivity contribution in [1.82, 2.24) is 5.32 Å². The van der Waals surface area contributed by atoms with Crippen molar-refractivity contribution in [2.45, 2.75) is 26.8 Å². The number of urea groups is 1. The number of nitrogens with one attached hydrogen (secondary N) is 2. The number of thioether (sulfide) groups is 1. The maximum Gasteiger partial charge on any atom is 0.319 e. The molecule has 1 aliphatic heterocycles. The van der Waals surface area contributed by atoms with Gasteiger partial charge in [0.1, 0.15) is 0 Å². The Balaban J connectivity index is 1.98. The first-order valence-corrected chi connectivity index (χ1v) is 9.20. The van der Waals surface area contributed by atoms with Crippen LogP contribution in [0.5, 0.6) is 0 Å². The zero-order valence-electron chi connectivity index (χ0n) is 13.4. The molecular weight excluding hydrogens is 318 g/mol. The summed E-state index contributed by atoms with van der Waals surface area (Å²) in [7, 11) is 0. The highest BCUT2D eigenvalue weighted by Gasteiger charge is 2.15. The van der Waals surface area contributed by atoms with Crippen LogP contribution in [0.2, 0.25) is 5.02 Å². The highest BCUT2D eigenvalue weighted by molar-refractivity contribution is 7.99. The Morgan fingerprint density at radius 1 is 1.27 bits per heavy atom. The molecule has 0 aromatic heterocycles. The van der Waals surface area contributed by atoms with Gasteiger partial charge in [-0.25, -0.2) is 4.79 Å². The minimum Gasteiger partial charge on any atom is -0.369 e. The Kier molecular flexibility index (Phi) is 6.26. The van der Waals surface area contributed by atoms with Gasteiger partial charge < -0.3 is 15.5 Å². The van der Waals surface area contributed by atoms with Gasteiger partial charge in [-0.05, 0) is 31.0 Å². The van der Waals surface area contributed by atoms with Gasteiger partial charge in [0, 0.05) is 36.3 Å². The monoisotopic (exact) mass is 341 g/mol. The predicted octanol–water partition coefficient (Wildman–Crippen LogP) is 4.06. The molecule has 6 heteroatoms. The van der Waals surface area contributed by atoms with Crippen molar-refractivity contribution >= 4 is 40.8 Å². The first-order chi connectivity index (χ1) is 10.5. The summed E-state index contributed by atoms with van der Waals surface area (Å²) in [5, 5.41) is 6.44. The molecule has 0 radical (unpaired) electrons. The van der Waals surface area contributed by atoms with Gasteiger partial charge in [0.25, 0.3) is 0 Å². The summed E-state index contributed by atoms with van der Waals surface area (Å²) in [6.45, 7) is 8.18. The molecule has 1 fully saturated rings. The second-order valence-electron chi connectivity index (χ2n) is 5.90. The van der Waals surface area contributed by atoms with Gasteiger partial charge in [-0.15, -0.1) is 0 Å². The summed E-state index contributed by atoms with van der Waals surface area (Å²) in [5.74, 6) is 2.66. The lowest BCUT2D eigenvalue weighted by molar-refractivity contribution is 0.246. The SMILES string of the molecule is CC(C)C(C)NC(=O)Nc1ccc(N2CCSCC2)c(Cl)c1. The molecule has 2 amide bonds. The third-order valence-electron chi connectivity index (χ3n) is 3.92. The summed E-state index contributed by atoms with van der Waals surface area (Å²) >= 11 is 8.35. The maximum absolute atomic E-state index is 11.9. The van der Waals surface area contributed by atoms with Gasteiger partial charge in [-0.1, -0.05) is 25.4 Å². The molecule has 0 saturated carbocycles. The molecule has 2 N–H and O–H groups in total. The normalized spacial score (nSPS) is 16.5. The number of anilines is 2. The van der Waals surface area contributed by atoms with Crippen molar-refractivity contribution in [3.05, 3.63) is 23.2 Å². The number of carbonyl (C=O) groups excluding carboxylic acids is 1. The molecule has 1 saturated heterocycles. The fourth-order valence-electron chi connectivity index (χ4n) is 2.19. The first kappa shape index (κ1) is 17.3. The summed E-state index contributed by atoms with van der Waals surface area (Å²) < 4.78 is 0. The molecule has 1 aromatic carbocycles. The zero-order valence-corrected chi connectivity index (χ0v) is 14.9. The average Bonchev–Trinajstić information content (AvgIpc) is 2.48. The van der Waals surface area contributed by atoms with E-state index >= 15 is 0 Å². The van der Waals surface area contributed by atoms with Crippen molar-refractivity contribution in [3.8, 4) is 0 Å². The van der Waals surface area contributed by atoms with Crippen molar-refractivity contribution in [1.29, 1.82) is 0 Å². The summed E-state index contributed by atoms with van der Waals surface area (Å²) in [6, 6.07) is 5.64. The van der Waals surface area contributed by atoms with Gasteiger partial charge in [0.15, 0.2) is 0 Å². The molecule has 0 spiro atoms. The van der Waals surface area contributed by atoms with Crippen LogP contribution in [-0.2, 0) is 0 Å². The summed E-state index contributed by atoms with van der Waals surface area (Å²) in [5.41, 5.74) is 1.76. The largest absolute Gasteiger partial charge is 0.369 e. The molecule has 0 aliphatic carbocycles. The molecule has 1 unspecified atom stereocenters. The number of rotatable bonds is 4. The Bertz CT molecular complexity index is 518. The van der Waals surface area contributed by atoms with Crippen LogP contribution in [0.3, 0.4) is 0 Å². The van der Waals surface area contributed by atoms with Crippen molar-refractivity contribution in [2.24, 2.45) is 5.92 Å². The van der Waals surface area contributed by atoms with E-state index in [4.69, 9.17) is 11.6 Å². The Labute approximate surface area is 142 Å². The fraction of sp³-hybridized carbons (Fsp3) is 0.562. The van der Waals surface area contributed by atoms with E-state index in [-0.39, 0.29) is 12.1 Å². The number of carbonyl (C=O) groups is 1. The molecule has 1 aliphatic rings. The second-order valence-corrected chi connectivity index (χ2v) is 7.53. The summed E-state index contributed by atoms with van der Waals surface area (Å²) in [6.07, 6.45) is 0. The van der Waals surface area contributed by atoms with Gasteiger partial charge in [0.05, 0.1) is 10.7 Å². The molecule has 1 heterocycles. The van der Waals surface area contributed by atoms with Crippen LogP contribution in [0.1, 0.15) is 20.8 Å². The topological polar surface area (TPSA) is 44.4 Å². The Morgan fingerprint density at radius 2 is 1.95 bits per heavy atom. The van der Waals surface area contributed by atoms with Crippen LogP contribution < -0.4 is 15.5 Å². The van der Waals surface area contributed by atoms with Gasteiger partial charge >= 0.3 is 6.03 Å². The molecule has 22 heavy (non-hydrogen) atoms. The smallest absolute Gasteiger partial charge is 0.319 e. The summed E-state index contributed by atoms with van der Waals surface area (Å²) in [4.78, 5) is 14.2. The number of amides is 2. The molecule has 1 aromatic rings. The first-order valence-electron chi connectivity index (χ1n) is 7.67. The zero-order chi connectivity index (χ0) is 16.1. The van der Waals surface area contributed by atoms with Crippen LogP contribution in [-0.4, -0.2) is 36.7 Å². The molecule has 1 atom stereocenters. The highest BCUT2D eigenvalue weighted by Crippen LogP contribution is 2.30. The van der Waals surface area contributed by atoms with E-state index in [1.165, 1.54) is 0 Å². The van der Waals surface area contributed by atoms with Crippen LogP contribution in [0.15, 0.2) is 18.2 Å². The molecule has 0 bridgehead atoms. The Morgan fingerprint density at radius 3 is 2.55 bits per heavy atom. The lowest BCUT2D eigenvalue weighted by Gasteiger charge is -2.29. The van der Waals surface area contributed by atoms with Crippen LogP contribution in [0.25, 0.3) is 0 Å². The van der Waals surface area contributed by atoms with Crippen molar-refractivity contribution in [2.75, 3.05) is 34.8 Å². The number of halogens is 1. The van der Waals surface area contributed by atoms with E-state index < -0.39 is 0 Å². The molecule has 2 rings (SSSR count). The minimum absolute atomic E-state index is 0.126.